The molecule has 0 aliphatic rings. The summed E-state index contributed by atoms with van der Waals surface area (Å²) in [6, 6.07) is 10.2. The van der Waals surface area contributed by atoms with Crippen molar-refractivity contribution in [2.45, 2.75) is 13.0 Å². The van der Waals surface area contributed by atoms with Gasteiger partial charge in [-0.15, -0.1) is 0 Å². The summed E-state index contributed by atoms with van der Waals surface area (Å²) in [4.78, 5) is 10.8. The highest BCUT2D eigenvalue weighted by molar-refractivity contribution is 7.98. The average Bonchev–Trinajstić information content (AvgIpc) is 2.43. The number of quaternary nitrogens is 1. The van der Waals surface area contributed by atoms with Crippen LogP contribution in [0.3, 0.4) is 0 Å². The minimum atomic E-state index is -1.90. The number of halogens is 1. The number of hydrogen-bond acceptors (Lipinski definition) is 2. The van der Waals surface area contributed by atoms with Crippen LogP contribution in [0, 0.1) is 0 Å². The molecule has 0 saturated heterocycles. The highest BCUT2D eigenvalue weighted by Gasteiger charge is 2.16. The molecule has 0 aromatic heterocycles. The average molecular weight is 301 g/mol. The topological polar surface area (TPSA) is 46.2 Å². The van der Waals surface area contributed by atoms with Crippen molar-refractivity contribution in [3.63, 3.8) is 0 Å². The fourth-order valence-corrected chi connectivity index (χ4v) is 2.55. The molecule has 1 aromatic carbocycles. The van der Waals surface area contributed by atoms with Gasteiger partial charge in [0, 0.05) is 18.5 Å². The van der Waals surface area contributed by atoms with Crippen molar-refractivity contribution < 1.29 is 17.9 Å². The molecule has 0 bridgehead atoms. The van der Waals surface area contributed by atoms with E-state index in [4.69, 9.17) is 0 Å². The van der Waals surface area contributed by atoms with Crippen LogP contribution in [0.5, 0.6) is 0 Å². The van der Waals surface area contributed by atoms with Gasteiger partial charge in [-0.1, -0.05) is 30.3 Å². The minimum Gasteiger partial charge on any atom is -0.325 e. The molecule has 6 heteroatoms. The summed E-state index contributed by atoms with van der Waals surface area (Å²) in [5.74, 6) is 0. The van der Waals surface area contributed by atoms with Gasteiger partial charge in [0.05, 0.1) is 20.6 Å². The van der Waals surface area contributed by atoms with Crippen LogP contribution >= 0.6 is 0 Å². The number of nitrogens with one attached hydrogen (secondary N) is 1. The lowest BCUT2D eigenvalue weighted by molar-refractivity contribution is -0.903. The predicted molar refractivity (Wildman–Crippen MR) is 78.9 cm³/mol. The Bertz CT molecular complexity index is 452. The van der Waals surface area contributed by atoms with E-state index in [1.54, 1.807) is 0 Å². The number of rotatable bonds is 8. The molecule has 0 aliphatic heterocycles. The molecular weight excluding hydrogens is 279 g/mol. The second kappa shape index (κ2) is 8.24. The third kappa shape index (κ3) is 6.36. The zero-order valence-corrected chi connectivity index (χ0v) is 12.8. The summed E-state index contributed by atoms with van der Waals surface area (Å²) >= 11 is 0. The van der Waals surface area contributed by atoms with Crippen LogP contribution in [-0.4, -0.2) is 47.7 Å². The Morgan fingerprint density at radius 3 is 2.55 bits per heavy atom. The van der Waals surface area contributed by atoms with Gasteiger partial charge in [-0.3, -0.25) is 4.79 Å². The molecule has 0 saturated carbocycles. The van der Waals surface area contributed by atoms with Crippen molar-refractivity contribution in [1.82, 2.24) is 4.72 Å². The van der Waals surface area contributed by atoms with Crippen molar-refractivity contribution in [2.24, 2.45) is 0 Å². The molecule has 4 nitrogen and oxygen atoms in total. The molecule has 112 valence electrons. The lowest BCUT2D eigenvalue weighted by Gasteiger charge is -2.30. The Morgan fingerprint density at radius 1 is 1.30 bits per heavy atom. The molecule has 1 N–H and O–H groups in total. The Kier molecular flexibility index (Phi) is 6.98. The van der Waals surface area contributed by atoms with Crippen LogP contribution in [-0.2, 0) is 22.3 Å². The monoisotopic (exact) mass is 301 g/mol. The Hall–Kier alpha value is -1.11. The summed E-state index contributed by atoms with van der Waals surface area (Å²) in [5, 5.41) is -0.900. The summed E-state index contributed by atoms with van der Waals surface area (Å²) in [6.07, 6.45) is 0.769. The highest BCUT2D eigenvalue weighted by Crippen LogP contribution is 2.09. The first-order valence-corrected chi connectivity index (χ1v) is 7.69. The zero-order chi connectivity index (χ0) is 15.0. The summed E-state index contributed by atoms with van der Waals surface area (Å²) < 4.78 is 26.5. The second-order valence-electron chi connectivity index (χ2n) is 5.33. The fourth-order valence-electron chi connectivity index (χ4n) is 1.96. The van der Waals surface area contributed by atoms with E-state index in [-0.39, 0.29) is 0 Å². The van der Waals surface area contributed by atoms with Crippen molar-refractivity contribution in [3.8, 4) is 0 Å². The van der Waals surface area contributed by atoms with Gasteiger partial charge >= 0.3 is 0 Å². The first kappa shape index (κ1) is 16.9. The summed E-state index contributed by atoms with van der Waals surface area (Å²) in [5.41, 5.74) is 1.27. The second-order valence-corrected chi connectivity index (χ2v) is 6.61. The van der Waals surface area contributed by atoms with Gasteiger partial charge in [0.25, 0.3) is 5.12 Å². The van der Waals surface area contributed by atoms with Crippen molar-refractivity contribution in [2.75, 3.05) is 33.9 Å². The number of benzene rings is 1. The number of hydrogen-bond donors (Lipinski definition) is 1. The predicted octanol–water partition coefficient (Wildman–Crippen LogP) is 1.40. The van der Waals surface area contributed by atoms with Gasteiger partial charge in [0.15, 0.2) is 17.7 Å². The third-order valence-electron chi connectivity index (χ3n) is 2.94. The van der Waals surface area contributed by atoms with E-state index in [1.807, 2.05) is 18.2 Å². The van der Waals surface area contributed by atoms with E-state index in [2.05, 4.69) is 31.0 Å². The molecule has 0 fully saturated rings. The standard InChI is InChI=1S/C14H22FN2O2S/c1-17(2,12-13-7-4-3-5-8-13)10-6-9-16-20(19)14(18)11-15/h3-5,7-8,16H,6,9-12H2,1-2H3/q+1. The zero-order valence-electron chi connectivity index (χ0n) is 12.0. The third-order valence-corrected chi connectivity index (χ3v) is 3.93. The SMILES string of the molecule is C[N+](C)(CCCNS(=O)C(=O)CF)Cc1ccccc1. The van der Waals surface area contributed by atoms with Crippen molar-refractivity contribution >= 4 is 16.1 Å². The smallest absolute Gasteiger partial charge is 0.264 e. The minimum absolute atomic E-state index is 0.439. The van der Waals surface area contributed by atoms with E-state index >= 15 is 0 Å². The van der Waals surface area contributed by atoms with E-state index in [0.29, 0.717) is 6.54 Å². The number of carbonyl (C=O) groups is 1. The van der Waals surface area contributed by atoms with Crippen LogP contribution < -0.4 is 4.72 Å². The maximum absolute atomic E-state index is 12.0. The quantitative estimate of drug-likeness (QED) is 0.583. The highest BCUT2D eigenvalue weighted by atomic mass is 32.2. The molecule has 0 amide bonds. The van der Waals surface area contributed by atoms with Crippen LogP contribution in [0.1, 0.15) is 12.0 Å². The fraction of sp³-hybridized carbons (Fsp3) is 0.500. The van der Waals surface area contributed by atoms with Gasteiger partial charge in [0.1, 0.15) is 6.54 Å². The first-order chi connectivity index (χ1) is 9.44. The number of carbonyl (C=O) groups excluding carboxylic acids is 1. The van der Waals surface area contributed by atoms with Crippen molar-refractivity contribution in [1.29, 1.82) is 0 Å². The molecule has 1 unspecified atom stereocenters. The summed E-state index contributed by atoms with van der Waals surface area (Å²) in [7, 11) is 2.34. The maximum Gasteiger partial charge on any atom is 0.264 e. The van der Waals surface area contributed by atoms with Crippen LogP contribution in [0.15, 0.2) is 30.3 Å². The Morgan fingerprint density at radius 2 is 1.95 bits per heavy atom. The van der Waals surface area contributed by atoms with E-state index in [1.165, 1.54) is 5.56 Å². The largest absolute Gasteiger partial charge is 0.325 e. The van der Waals surface area contributed by atoms with Gasteiger partial charge in [-0.05, 0) is 0 Å². The summed E-state index contributed by atoms with van der Waals surface area (Å²) in [6.45, 7) is 1.04. The van der Waals surface area contributed by atoms with E-state index < -0.39 is 22.8 Å². The molecular formula is C14H22FN2O2S+. The molecule has 0 radical (unpaired) electrons. The van der Waals surface area contributed by atoms with Crippen molar-refractivity contribution in [3.05, 3.63) is 35.9 Å². The molecule has 0 spiro atoms. The van der Waals surface area contributed by atoms with E-state index in [9.17, 15) is 13.4 Å². The molecule has 0 heterocycles. The molecule has 1 atom stereocenters. The lowest BCUT2D eigenvalue weighted by atomic mass is 10.2. The van der Waals surface area contributed by atoms with Gasteiger partial charge in [0.2, 0.25) is 0 Å². The molecule has 1 rings (SSSR count). The maximum atomic E-state index is 12.0. The van der Waals surface area contributed by atoms with Crippen LogP contribution in [0.2, 0.25) is 0 Å². The number of nitrogens with zero attached hydrogens (tertiary/aromatic N) is 1. The van der Waals surface area contributed by atoms with Gasteiger partial charge in [-0.2, -0.15) is 0 Å². The van der Waals surface area contributed by atoms with Gasteiger partial charge < -0.3 is 4.48 Å². The Labute approximate surface area is 122 Å². The molecule has 1 aromatic rings. The normalized spacial score (nSPS) is 13.2. The van der Waals surface area contributed by atoms with Gasteiger partial charge in [-0.25, -0.2) is 13.3 Å². The molecule has 0 aliphatic carbocycles. The first-order valence-electron chi connectivity index (χ1n) is 6.54. The van der Waals surface area contributed by atoms with E-state index in [0.717, 1.165) is 24.0 Å². The lowest BCUT2D eigenvalue weighted by Crippen LogP contribution is -2.41. The van der Waals surface area contributed by atoms with Crippen LogP contribution in [0.4, 0.5) is 4.39 Å². The molecule has 20 heavy (non-hydrogen) atoms. The van der Waals surface area contributed by atoms with Crippen LogP contribution in [0.25, 0.3) is 0 Å². The number of alkyl halides is 1. The Balaban J connectivity index is 2.30.